The van der Waals surface area contributed by atoms with Crippen molar-refractivity contribution in [3.8, 4) is 5.75 Å². The largest absolute Gasteiger partial charge is 0.497 e. The summed E-state index contributed by atoms with van der Waals surface area (Å²) >= 11 is 0. The van der Waals surface area contributed by atoms with Crippen LogP contribution >= 0.6 is 0 Å². The van der Waals surface area contributed by atoms with Crippen molar-refractivity contribution in [1.29, 1.82) is 0 Å². The highest BCUT2D eigenvalue weighted by atomic mass is 16.5. The minimum absolute atomic E-state index is 0.364. The third-order valence-electron chi connectivity index (χ3n) is 4.32. The van der Waals surface area contributed by atoms with E-state index >= 15 is 0 Å². The van der Waals surface area contributed by atoms with Crippen molar-refractivity contribution in [2.45, 2.75) is 19.9 Å². The monoisotopic (exact) mass is 324 g/mol. The molecule has 5 heteroatoms. The number of hydrazone groups is 1. The summed E-state index contributed by atoms with van der Waals surface area (Å²) in [5, 5.41) is 16.0. The molecular weight excluding hydrogens is 304 g/mol. The molecule has 124 valence electrons. The highest BCUT2D eigenvalue weighted by Crippen LogP contribution is 2.39. The Morgan fingerprint density at radius 2 is 1.71 bits per heavy atom. The number of aryl methyl sites for hydroxylation is 1. The van der Waals surface area contributed by atoms with Gasteiger partial charge < -0.3 is 9.84 Å². The Morgan fingerprint density at radius 3 is 2.25 bits per heavy atom. The van der Waals surface area contributed by atoms with Gasteiger partial charge in [-0.3, -0.25) is 9.80 Å². The molecular formula is C19H20N2O3. The second-order valence-corrected chi connectivity index (χ2v) is 5.96. The molecule has 1 N–H and O–H groups in total. The first-order valence-corrected chi connectivity index (χ1v) is 7.79. The van der Waals surface area contributed by atoms with Crippen LogP contribution in [0, 0.1) is 12.8 Å². The molecule has 2 aromatic carbocycles. The highest BCUT2D eigenvalue weighted by molar-refractivity contribution is 6.03. The summed E-state index contributed by atoms with van der Waals surface area (Å²) in [4.78, 5) is 11.8. The number of rotatable bonds is 4. The summed E-state index contributed by atoms with van der Waals surface area (Å²) in [7, 11) is 1.61. The maximum absolute atomic E-state index is 11.8. The molecule has 2 aromatic rings. The van der Waals surface area contributed by atoms with Gasteiger partial charge >= 0.3 is 5.97 Å². The molecule has 24 heavy (non-hydrogen) atoms. The first kappa shape index (κ1) is 16.1. The van der Waals surface area contributed by atoms with Crippen LogP contribution in [0.15, 0.2) is 53.6 Å². The topological polar surface area (TPSA) is 62.1 Å². The van der Waals surface area contributed by atoms with Crippen LogP contribution in [0.25, 0.3) is 0 Å². The van der Waals surface area contributed by atoms with E-state index in [-0.39, 0.29) is 6.04 Å². The fraction of sp³-hybridized carbons (Fsp3) is 0.263. The first-order chi connectivity index (χ1) is 11.5. The minimum Gasteiger partial charge on any atom is -0.497 e. The molecule has 0 saturated carbocycles. The minimum atomic E-state index is -0.863. The standard InChI is InChI=1S/C19H20N2O3/c1-12-4-6-14(7-5-12)18-17(19(22)23)13(2)20-21(18)15-8-10-16(24-3)11-9-15/h4-11,17-18H,1-3H3,(H,22,23). The Morgan fingerprint density at radius 1 is 1.08 bits per heavy atom. The smallest absolute Gasteiger partial charge is 0.314 e. The van der Waals surface area contributed by atoms with Crippen molar-refractivity contribution in [2.24, 2.45) is 11.0 Å². The quantitative estimate of drug-likeness (QED) is 0.932. The molecule has 1 heterocycles. The van der Waals surface area contributed by atoms with Gasteiger partial charge in [0, 0.05) is 0 Å². The molecule has 0 aromatic heterocycles. The molecule has 0 bridgehead atoms. The molecule has 1 aliphatic heterocycles. The van der Waals surface area contributed by atoms with Crippen molar-refractivity contribution < 1.29 is 14.6 Å². The van der Waals surface area contributed by atoms with E-state index in [0.29, 0.717) is 5.71 Å². The van der Waals surface area contributed by atoms with Gasteiger partial charge in [0.05, 0.1) is 24.6 Å². The number of hydrogen-bond donors (Lipinski definition) is 1. The second kappa shape index (κ2) is 6.35. The van der Waals surface area contributed by atoms with E-state index in [9.17, 15) is 9.90 Å². The summed E-state index contributed by atoms with van der Waals surface area (Å²) in [5.74, 6) is -0.784. The number of ether oxygens (including phenoxy) is 1. The van der Waals surface area contributed by atoms with E-state index in [0.717, 1.165) is 22.6 Å². The highest BCUT2D eigenvalue weighted by Gasteiger charge is 2.41. The summed E-state index contributed by atoms with van der Waals surface area (Å²) in [6.45, 7) is 3.78. The van der Waals surface area contributed by atoms with Crippen LogP contribution in [0.3, 0.4) is 0 Å². The number of anilines is 1. The molecule has 0 radical (unpaired) electrons. The van der Waals surface area contributed by atoms with Crippen molar-refractivity contribution in [3.05, 3.63) is 59.7 Å². The fourth-order valence-corrected chi connectivity index (χ4v) is 3.03. The van der Waals surface area contributed by atoms with Crippen LogP contribution in [0.2, 0.25) is 0 Å². The van der Waals surface area contributed by atoms with E-state index in [2.05, 4.69) is 5.10 Å². The summed E-state index contributed by atoms with van der Waals surface area (Å²) < 4.78 is 5.19. The average Bonchev–Trinajstić information content (AvgIpc) is 2.93. The lowest BCUT2D eigenvalue weighted by molar-refractivity contribution is -0.139. The van der Waals surface area contributed by atoms with Gasteiger partial charge in [0.2, 0.25) is 0 Å². The number of aliphatic carboxylic acids is 1. The van der Waals surface area contributed by atoms with E-state index < -0.39 is 11.9 Å². The van der Waals surface area contributed by atoms with E-state index in [1.165, 1.54) is 0 Å². The lowest BCUT2D eigenvalue weighted by Gasteiger charge is -2.27. The zero-order valence-corrected chi connectivity index (χ0v) is 13.9. The Kier molecular flexibility index (Phi) is 4.25. The van der Waals surface area contributed by atoms with E-state index in [1.807, 2.05) is 55.5 Å². The fourth-order valence-electron chi connectivity index (χ4n) is 3.03. The number of carboxylic acids is 1. The lowest BCUT2D eigenvalue weighted by Crippen LogP contribution is -2.30. The van der Waals surface area contributed by atoms with Crippen LogP contribution in [0.5, 0.6) is 5.75 Å². The molecule has 0 spiro atoms. The van der Waals surface area contributed by atoms with Gasteiger partial charge in [-0.25, -0.2) is 0 Å². The number of carboxylic acid groups (broad SMARTS) is 1. The number of benzene rings is 2. The first-order valence-electron chi connectivity index (χ1n) is 7.79. The van der Waals surface area contributed by atoms with Crippen molar-refractivity contribution in [1.82, 2.24) is 0 Å². The molecule has 1 aliphatic rings. The van der Waals surface area contributed by atoms with Gasteiger partial charge in [-0.05, 0) is 43.7 Å². The molecule has 3 rings (SSSR count). The molecule has 0 fully saturated rings. The lowest BCUT2D eigenvalue weighted by atomic mass is 9.90. The Hall–Kier alpha value is -2.82. The van der Waals surface area contributed by atoms with Gasteiger partial charge in [0.25, 0.3) is 0 Å². The molecule has 0 saturated heterocycles. The maximum atomic E-state index is 11.8. The predicted molar refractivity (Wildman–Crippen MR) is 93.6 cm³/mol. The third kappa shape index (κ3) is 2.85. The zero-order valence-electron chi connectivity index (χ0n) is 13.9. The molecule has 2 unspecified atom stereocenters. The number of methoxy groups -OCH3 is 1. The van der Waals surface area contributed by atoms with Gasteiger partial charge in [-0.1, -0.05) is 29.8 Å². The summed E-state index contributed by atoms with van der Waals surface area (Å²) in [6.07, 6.45) is 0. The van der Waals surface area contributed by atoms with Crippen molar-refractivity contribution in [2.75, 3.05) is 12.1 Å². The number of nitrogens with zero attached hydrogens (tertiary/aromatic N) is 2. The van der Waals surface area contributed by atoms with Crippen LogP contribution in [0.1, 0.15) is 24.1 Å². The third-order valence-corrected chi connectivity index (χ3v) is 4.32. The normalized spacial score (nSPS) is 20.0. The van der Waals surface area contributed by atoms with Crippen LogP contribution in [0.4, 0.5) is 5.69 Å². The van der Waals surface area contributed by atoms with Crippen LogP contribution in [-0.4, -0.2) is 23.9 Å². The average molecular weight is 324 g/mol. The Labute approximate surface area is 141 Å². The molecule has 0 amide bonds. The van der Waals surface area contributed by atoms with E-state index in [1.54, 1.807) is 19.0 Å². The Bertz CT molecular complexity index is 766. The molecule has 2 atom stereocenters. The van der Waals surface area contributed by atoms with Gasteiger partial charge in [-0.2, -0.15) is 5.10 Å². The summed E-state index contributed by atoms with van der Waals surface area (Å²) in [6, 6.07) is 15.0. The van der Waals surface area contributed by atoms with Crippen molar-refractivity contribution in [3.63, 3.8) is 0 Å². The van der Waals surface area contributed by atoms with Crippen molar-refractivity contribution >= 4 is 17.4 Å². The zero-order chi connectivity index (χ0) is 17.3. The number of hydrogen-bond acceptors (Lipinski definition) is 4. The summed E-state index contributed by atoms with van der Waals surface area (Å²) in [5.41, 5.74) is 3.51. The Balaban J connectivity index is 2.04. The second-order valence-electron chi connectivity index (χ2n) is 5.96. The van der Waals surface area contributed by atoms with Gasteiger partial charge in [0.1, 0.15) is 11.7 Å². The maximum Gasteiger partial charge on any atom is 0.314 e. The van der Waals surface area contributed by atoms with Gasteiger partial charge in [-0.15, -0.1) is 0 Å². The van der Waals surface area contributed by atoms with Gasteiger partial charge in [0.15, 0.2) is 0 Å². The predicted octanol–water partition coefficient (Wildman–Crippen LogP) is 3.64. The van der Waals surface area contributed by atoms with E-state index in [4.69, 9.17) is 4.74 Å². The van der Waals surface area contributed by atoms with Crippen LogP contribution in [-0.2, 0) is 4.79 Å². The molecule has 0 aliphatic carbocycles. The molecule has 5 nitrogen and oxygen atoms in total. The van der Waals surface area contributed by atoms with Crippen LogP contribution < -0.4 is 9.75 Å². The SMILES string of the molecule is COc1ccc(N2N=C(C)C(C(=O)O)C2c2ccc(C)cc2)cc1. The number of carbonyl (C=O) groups is 1.